The molecule has 3 aliphatic rings. The molecule has 5 rings (SSSR count). The van der Waals surface area contributed by atoms with Crippen LogP contribution in [0, 0.1) is 23.5 Å². The first-order valence-electron chi connectivity index (χ1n) is 12.7. The van der Waals surface area contributed by atoms with Gasteiger partial charge in [-0.25, -0.2) is 8.78 Å². The number of aromatic hydroxyl groups is 1. The Morgan fingerprint density at radius 1 is 1.17 bits per heavy atom. The largest absolute Gasteiger partial charge is 0.503 e. The Kier molecular flexibility index (Phi) is 6.44. The molecule has 2 aromatic rings. The molecule has 1 aromatic carbocycles. The number of ketones is 1. The summed E-state index contributed by atoms with van der Waals surface area (Å²) >= 11 is 0. The van der Waals surface area contributed by atoms with Gasteiger partial charge in [-0.15, -0.1) is 0 Å². The number of amides is 1. The molecule has 1 N–H and O–H groups in total. The van der Waals surface area contributed by atoms with Gasteiger partial charge in [-0.1, -0.05) is 26.3 Å². The van der Waals surface area contributed by atoms with Crippen LogP contribution in [0.5, 0.6) is 5.75 Å². The van der Waals surface area contributed by atoms with Gasteiger partial charge in [0.1, 0.15) is 17.8 Å². The van der Waals surface area contributed by atoms with Crippen molar-refractivity contribution in [2.24, 2.45) is 11.8 Å². The lowest BCUT2D eigenvalue weighted by molar-refractivity contribution is -0.0580. The molecule has 3 heterocycles. The number of pyridine rings is 1. The van der Waals surface area contributed by atoms with E-state index in [4.69, 9.17) is 0 Å². The number of fused-ring (bicyclic) bond motifs is 4. The molecule has 2 fully saturated rings. The van der Waals surface area contributed by atoms with Crippen LogP contribution in [0.25, 0.3) is 0 Å². The van der Waals surface area contributed by atoms with Gasteiger partial charge >= 0.3 is 0 Å². The topological polar surface area (TPSA) is 82.8 Å². The molecule has 36 heavy (non-hydrogen) atoms. The van der Waals surface area contributed by atoms with Crippen LogP contribution < -0.4 is 5.43 Å². The lowest BCUT2D eigenvalue weighted by Crippen LogP contribution is -2.66. The minimum Gasteiger partial charge on any atom is -0.503 e. The molecule has 0 bridgehead atoms. The van der Waals surface area contributed by atoms with Crippen LogP contribution in [0.15, 0.2) is 29.2 Å². The zero-order valence-corrected chi connectivity index (χ0v) is 20.5. The van der Waals surface area contributed by atoms with E-state index in [0.717, 1.165) is 44.5 Å². The predicted octanol–water partition coefficient (Wildman–Crippen LogP) is 3.57. The highest BCUT2D eigenvalue weighted by molar-refractivity contribution is 6.00. The highest BCUT2D eigenvalue weighted by Crippen LogP contribution is 2.40. The molecule has 9 heteroatoms. The molecular formula is C27H31F2N3O4. The summed E-state index contributed by atoms with van der Waals surface area (Å²) in [6.07, 6.45) is 3.94. The molecule has 1 amide bonds. The van der Waals surface area contributed by atoms with Crippen LogP contribution >= 0.6 is 0 Å². The number of rotatable bonds is 6. The molecule has 2 aliphatic heterocycles. The van der Waals surface area contributed by atoms with E-state index in [2.05, 4.69) is 18.7 Å². The number of hydrogen-bond acceptors (Lipinski definition) is 5. The highest BCUT2D eigenvalue weighted by atomic mass is 19.1. The van der Waals surface area contributed by atoms with Crippen molar-refractivity contribution in [2.75, 3.05) is 13.1 Å². The van der Waals surface area contributed by atoms with Gasteiger partial charge in [0.05, 0.1) is 12.1 Å². The molecule has 0 unspecified atom stereocenters. The van der Waals surface area contributed by atoms with E-state index in [9.17, 15) is 28.3 Å². The first kappa shape index (κ1) is 24.6. The van der Waals surface area contributed by atoms with E-state index in [1.54, 1.807) is 0 Å². The molecule has 0 radical (unpaired) electrons. The summed E-state index contributed by atoms with van der Waals surface area (Å²) in [4.78, 5) is 43.8. The van der Waals surface area contributed by atoms with Gasteiger partial charge in [-0.05, 0) is 42.7 Å². The fourth-order valence-electron chi connectivity index (χ4n) is 6.19. The van der Waals surface area contributed by atoms with Crippen molar-refractivity contribution in [1.29, 1.82) is 0 Å². The Labute approximate surface area is 208 Å². The van der Waals surface area contributed by atoms with Crippen molar-refractivity contribution in [2.45, 2.75) is 64.7 Å². The molecule has 192 valence electrons. The molecular weight excluding hydrogens is 468 g/mol. The van der Waals surface area contributed by atoms with Crippen molar-refractivity contribution < 1.29 is 23.5 Å². The minimum atomic E-state index is -0.892. The smallest absolute Gasteiger partial charge is 0.276 e. The monoisotopic (exact) mass is 499 g/mol. The Hall–Kier alpha value is -3.07. The second kappa shape index (κ2) is 9.42. The zero-order chi connectivity index (χ0) is 25.7. The van der Waals surface area contributed by atoms with E-state index in [1.807, 2.05) is 4.90 Å². The third kappa shape index (κ3) is 4.23. The van der Waals surface area contributed by atoms with Crippen LogP contribution in [0.4, 0.5) is 8.78 Å². The quantitative estimate of drug-likeness (QED) is 0.615. The zero-order valence-electron chi connectivity index (χ0n) is 20.5. The SMILES string of the molecule is CC(C)CN1C[C@@H]2CCC[C@@H]2N2C(=O)c3c(O)c(=O)c(C(=O)CCc4ccc(F)cc4F)cn3C[C@@H]12. The summed E-state index contributed by atoms with van der Waals surface area (Å²) in [5, 5.41) is 10.8. The van der Waals surface area contributed by atoms with Crippen molar-refractivity contribution in [3.8, 4) is 5.75 Å². The maximum atomic E-state index is 14.0. The number of nitrogens with zero attached hydrogens (tertiary/aromatic N) is 3. The Morgan fingerprint density at radius 3 is 2.67 bits per heavy atom. The number of Topliss-reactive ketones (excluding diaryl/α,β-unsaturated/α-hetero) is 1. The van der Waals surface area contributed by atoms with Gasteiger partial charge in [0, 0.05) is 37.8 Å². The number of hydrogen-bond donors (Lipinski definition) is 1. The van der Waals surface area contributed by atoms with Crippen LogP contribution in [0.1, 0.15) is 65.9 Å². The fourth-order valence-corrected chi connectivity index (χ4v) is 6.19. The first-order valence-corrected chi connectivity index (χ1v) is 12.7. The first-order chi connectivity index (χ1) is 17.2. The van der Waals surface area contributed by atoms with Crippen molar-refractivity contribution >= 4 is 11.7 Å². The normalized spacial score (nSPS) is 23.5. The van der Waals surface area contributed by atoms with E-state index >= 15 is 0 Å². The number of carbonyl (C=O) groups is 2. The summed E-state index contributed by atoms with van der Waals surface area (Å²) in [5.74, 6) is -2.36. The lowest BCUT2D eigenvalue weighted by Gasteiger charge is -2.53. The van der Waals surface area contributed by atoms with E-state index in [-0.39, 0.29) is 47.8 Å². The van der Waals surface area contributed by atoms with Crippen LogP contribution in [0.2, 0.25) is 0 Å². The summed E-state index contributed by atoms with van der Waals surface area (Å²) < 4.78 is 28.7. The average molecular weight is 500 g/mol. The number of aromatic nitrogens is 1. The lowest BCUT2D eigenvalue weighted by atomic mass is 9.93. The Morgan fingerprint density at radius 2 is 1.94 bits per heavy atom. The van der Waals surface area contributed by atoms with Crippen molar-refractivity contribution in [3.63, 3.8) is 0 Å². The van der Waals surface area contributed by atoms with E-state index in [1.165, 1.54) is 16.8 Å². The Balaban J connectivity index is 1.46. The standard InChI is InChI=1S/C27H31F2N3O4/c1-15(2)11-30-12-17-4-3-5-21(17)32-23(30)14-31-13-19(25(34)26(35)24(31)27(32)36)22(33)9-7-16-6-8-18(28)10-20(16)29/h6,8,10,13,15,17,21,23,35H,3-5,7,9,11-12,14H2,1-2H3/t17-,21-,23-/m0/s1. The minimum absolute atomic E-state index is 0.0204. The molecule has 3 atom stereocenters. The molecule has 1 saturated heterocycles. The van der Waals surface area contributed by atoms with Gasteiger partial charge in [0.25, 0.3) is 5.91 Å². The number of benzene rings is 1. The second-order valence-corrected chi connectivity index (χ2v) is 10.7. The van der Waals surface area contributed by atoms with Gasteiger partial charge in [0.15, 0.2) is 17.2 Å². The van der Waals surface area contributed by atoms with Gasteiger partial charge in [0.2, 0.25) is 5.43 Å². The van der Waals surface area contributed by atoms with E-state index < -0.39 is 28.6 Å². The van der Waals surface area contributed by atoms with Crippen LogP contribution in [-0.4, -0.2) is 56.5 Å². The molecule has 7 nitrogen and oxygen atoms in total. The van der Waals surface area contributed by atoms with Gasteiger partial charge in [-0.3, -0.25) is 19.3 Å². The van der Waals surface area contributed by atoms with Crippen molar-refractivity contribution in [1.82, 2.24) is 14.4 Å². The third-order valence-corrected chi connectivity index (χ3v) is 7.78. The second-order valence-electron chi connectivity index (χ2n) is 10.7. The van der Waals surface area contributed by atoms with Gasteiger partial charge < -0.3 is 14.6 Å². The number of aryl methyl sites for hydroxylation is 1. The maximum Gasteiger partial charge on any atom is 0.276 e. The number of carbonyl (C=O) groups excluding carboxylic acids is 2. The number of halogens is 2. The third-order valence-electron chi connectivity index (χ3n) is 7.78. The maximum absolute atomic E-state index is 14.0. The Bertz CT molecular complexity index is 1270. The molecule has 1 aromatic heterocycles. The van der Waals surface area contributed by atoms with E-state index in [0.29, 0.717) is 18.4 Å². The summed E-state index contributed by atoms with van der Waals surface area (Å²) in [7, 11) is 0. The summed E-state index contributed by atoms with van der Waals surface area (Å²) in [6.45, 7) is 6.32. The summed E-state index contributed by atoms with van der Waals surface area (Å²) in [6, 6.07) is 3.21. The summed E-state index contributed by atoms with van der Waals surface area (Å²) in [5.41, 5.74) is -1.04. The van der Waals surface area contributed by atoms with Gasteiger partial charge in [-0.2, -0.15) is 0 Å². The molecule has 1 saturated carbocycles. The average Bonchev–Trinajstić information content (AvgIpc) is 3.28. The van der Waals surface area contributed by atoms with Crippen LogP contribution in [0.3, 0.4) is 0 Å². The van der Waals surface area contributed by atoms with Crippen molar-refractivity contribution in [3.05, 3.63) is 63.1 Å². The molecule has 1 aliphatic carbocycles. The fraction of sp³-hybridized carbons (Fsp3) is 0.519. The molecule has 0 spiro atoms. The van der Waals surface area contributed by atoms with Crippen LogP contribution in [-0.2, 0) is 13.0 Å². The highest BCUT2D eigenvalue weighted by Gasteiger charge is 2.49. The predicted molar refractivity (Wildman–Crippen MR) is 129 cm³/mol.